The Balaban J connectivity index is 2.19. The fraction of sp³-hybridized carbons (Fsp3) is 0.0909. The Labute approximate surface area is 115 Å². The van der Waals surface area contributed by atoms with Crippen LogP contribution in [0.5, 0.6) is 0 Å². The Morgan fingerprint density at radius 2 is 2.29 bits per heavy atom. The minimum Gasteiger partial charge on any atom is -0.477 e. The molecule has 2 rings (SSSR count). The van der Waals surface area contributed by atoms with Gasteiger partial charge >= 0.3 is 5.97 Å². The zero-order chi connectivity index (χ0) is 12.4. The summed E-state index contributed by atoms with van der Waals surface area (Å²) in [5, 5.41) is 11.5. The number of carboxylic acids is 1. The number of carbonyl (C=O) groups is 1. The lowest BCUT2D eigenvalue weighted by atomic mass is 10.4. The number of nitrogens with zero attached hydrogens (tertiary/aromatic N) is 1. The average molecular weight is 330 g/mol. The van der Waals surface area contributed by atoms with E-state index in [9.17, 15) is 4.79 Å². The molecule has 0 aliphatic carbocycles. The van der Waals surface area contributed by atoms with Crippen LogP contribution < -0.4 is 0 Å². The van der Waals surface area contributed by atoms with Crippen molar-refractivity contribution in [2.24, 2.45) is 0 Å². The van der Waals surface area contributed by atoms with E-state index in [1.54, 1.807) is 6.07 Å². The predicted molar refractivity (Wildman–Crippen MR) is 72.1 cm³/mol. The molecule has 0 bridgehead atoms. The maximum atomic E-state index is 10.7. The molecule has 0 amide bonds. The zero-order valence-corrected chi connectivity index (χ0v) is 12.0. The van der Waals surface area contributed by atoms with Crippen molar-refractivity contribution in [3.05, 3.63) is 38.6 Å². The quantitative estimate of drug-likeness (QED) is 0.922. The summed E-state index contributed by atoms with van der Waals surface area (Å²) in [7, 11) is 0. The number of rotatable bonds is 3. The summed E-state index contributed by atoms with van der Waals surface area (Å²) in [5.74, 6) is -0.887. The molecular weight excluding hydrogens is 322 g/mol. The molecule has 1 N–H and O–H groups in total. The molecule has 0 saturated heterocycles. The van der Waals surface area contributed by atoms with Gasteiger partial charge in [-0.3, -0.25) is 0 Å². The second kappa shape index (κ2) is 5.20. The molecule has 0 spiro atoms. The standard InChI is InChI=1S/C11H8BrNO2S2/c1-6-8(12)2-3-10(13-6)17-7-4-9(11(14)15)16-5-7/h2-5H,1H3,(H,14,15). The number of hydrogen-bond acceptors (Lipinski definition) is 4. The van der Waals surface area contributed by atoms with E-state index in [1.165, 1.54) is 23.1 Å². The summed E-state index contributed by atoms with van der Waals surface area (Å²) >= 11 is 6.08. The summed E-state index contributed by atoms with van der Waals surface area (Å²) in [6.45, 7) is 1.92. The third-order valence-electron chi connectivity index (χ3n) is 2.00. The fourth-order valence-corrected chi connectivity index (χ4v) is 3.16. The minimum absolute atomic E-state index is 0.348. The Bertz CT molecular complexity index is 568. The lowest BCUT2D eigenvalue weighted by Gasteiger charge is -2.01. The number of hydrogen-bond donors (Lipinski definition) is 1. The van der Waals surface area contributed by atoms with Gasteiger partial charge in [-0.1, -0.05) is 11.8 Å². The molecule has 2 aromatic heterocycles. The summed E-state index contributed by atoms with van der Waals surface area (Å²) < 4.78 is 0.971. The van der Waals surface area contributed by atoms with Gasteiger partial charge in [-0.25, -0.2) is 9.78 Å². The van der Waals surface area contributed by atoms with Crippen molar-refractivity contribution in [3.63, 3.8) is 0 Å². The van der Waals surface area contributed by atoms with Crippen molar-refractivity contribution in [1.82, 2.24) is 4.98 Å². The maximum Gasteiger partial charge on any atom is 0.345 e. The first-order chi connectivity index (χ1) is 8.06. The van der Waals surface area contributed by atoms with E-state index in [0.717, 1.165) is 20.1 Å². The molecule has 0 aliphatic heterocycles. The van der Waals surface area contributed by atoms with E-state index in [0.29, 0.717) is 4.88 Å². The van der Waals surface area contributed by atoms with Gasteiger partial charge in [-0.15, -0.1) is 11.3 Å². The Kier molecular flexibility index (Phi) is 3.86. The number of halogens is 1. The van der Waals surface area contributed by atoms with Crippen LogP contribution in [0, 0.1) is 6.92 Å². The van der Waals surface area contributed by atoms with E-state index < -0.39 is 5.97 Å². The number of aromatic nitrogens is 1. The number of aromatic carboxylic acids is 1. The molecule has 0 aromatic carbocycles. The third kappa shape index (κ3) is 3.08. The van der Waals surface area contributed by atoms with Gasteiger partial charge in [0.2, 0.25) is 0 Å². The molecular formula is C11H8BrNO2S2. The second-order valence-electron chi connectivity index (χ2n) is 3.27. The second-order valence-corrected chi connectivity index (χ2v) is 6.13. The van der Waals surface area contributed by atoms with Crippen LogP contribution in [0.3, 0.4) is 0 Å². The molecule has 6 heteroatoms. The zero-order valence-electron chi connectivity index (χ0n) is 8.81. The number of aryl methyl sites for hydroxylation is 1. The lowest BCUT2D eigenvalue weighted by Crippen LogP contribution is -1.90. The smallest absolute Gasteiger partial charge is 0.345 e. The molecule has 0 saturated carbocycles. The summed E-state index contributed by atoms with van der Waals surface area (Å²) in [6.07, 6.45) is 0. The van der Waals surface area contributed by atoms with Crippen LogP contribution in [0.2, 0.25) is 0 Å². The van der Waals surface area contributed by atoms with E-state index in [1.807, 2.05) is 24.4 Å². The normalized spacial score (nSPS) is 10.5. The molecule has 0 fully saturated rings. The van der Waals surface area contributed by atoms with Gasteiger partial charge in [-0.05, 0) is 41.1 Å². The van der Waals surface area contributed by atoms with Crippen molar-refractivity contribution in [3.8, 4) is 0 Å². The largest absolute Gasteiger partial charge is 0.477 e. The number of carboxylic acid groups (broad SMARTS) is 1. The minimum atomic E-state index is -0.887. The first kappa shape index (κ1) is 12.6. The molecule has 0 aliphatic rings. The molecule has 17 heavy (non-hydrogen) atoms. The Morgan fingerprint density at radius 3 is 2.88 bits per heavy atom. The molecule has 88 valence electrons. The van der Waals surface area contributed by atoms with Crippen LogP contribution in [-0.2, 0) is 0 Å². The van der Waals surface area contributed by atoms with Gasteiger partial charge < -0.3 is 5.11 Å². The van der Waals surface area contributed by atoms with Gasteiger partial charge in [0.25, 0.3) is 0 Å². The van der Waals surface area contributed by atoms with E-state index in [2.05, 4.69) is 20.9 Å². The van der Waals surface area contributed by atoms with E-state index in [4.69, 9.17) is 5.11 Å². The maximum absolute atomic E-state index is 10.7. The highest BCUT2D eigenvalue weighted by molar-refractivity contribution is 9.10. The number of thiophene rings is 1. The molecule has 0 atom stereocenters. The number of pyridine rings is 1. The predicted octanol–water partition coefficient (Wildman–Crippen LogP) is 4.06. The average Bonchev–Trinajstić information content (AvgIpc) is 2.72. The van der Waals surface area contributed by atoms with Crippen LogP contribution in [0.15, 0.2) is 38.0 Å². The Hall–Kier alpha value is -0.850. The van der Waals surface area contributed by atoms with Gasteiger partial charge in [0, 0.05) is 14.7 Å². The van der Waals surface area contributed by atoms with Crippen LogP contribution in [-0.4, -0.2) is 16.1 Å². The van der Waals surface area contributed by atoms with Crippen LogP contribution in [0.4, 0.5) is 0 Å². The van der Waals surface area contributed by atoms with Gasteiger partial charge in [0.15, 0.2) is 0 Å². The molecule has 0 unspecified atom stereocenters. The van der Waals surface area contributed by atoms with Crippen molar-refractivity contribution in [2.45, 2.75) is 16.8 Å². The first-order valence-corrected chi connectivity index (χ1v) is 7.18. The Morgan fingerprint density at radius 1 is 1.53 bits per heavy atom. The summed E-state index contributed by atoms with van der Waals surface area (Å²) in [6, 6.07) is 5.51. The van der Waals surface area contributed by atoms with Gasteiger partial charge in [0.1, 0.15) is 9.90 Å². The van der Waals surface area contributed by atoms with Crippen molar-refractivity contribution >= 4 is 45.0 Å². The highest BCUT2D eigenvalue weighted by atomic mass is 79.9. The third-order valence-corrected chi connectivity index (χ3v) is 4.82. The topological polar surface area (TPSA) is 50.2 Å². The SMILES string of the molecule is Cc1nc(Sc2csc(C(=O)O)c2)ccc1Br. The summed E-state index contributed by atoms with van der Waals surface area (Å²) in [5.41, 5.74) is 0.920. The van der Waals surface area contributed by atoms with Crippen molar-refractivity contribution in [2.75, 3.05) is 0 Å². The molecule has 3 nitrogen and oxygen atoms in total. The lowest BCUT2D eigenvalue weighted by molar-refractivity contribution is 0.0702. The fourth-order valence-electron chi connectivity index (χ4n) is 1.18. The van der Waals surface area contributed by atoms with Gasteiger partial charge in [0.05, 0.1) is 5.69 Å². The van der Waals surface area contributed by atoms with E-state index >= 15 is 0 Å². The van der Waals surface area contributed by atoms with Crippen molar-refractivity contribution in [1.29, 1.82) is 0 Å². The molecule has 0 radical (unpaired) electrons. The highest BCUT2D eigenvalue weighted by Crippen LogP contribution is 2.31. The summed E-state index contributed by atoms with van der Waals surface area (Å²) in [4.78, 5) is 16.4. The van der Waals surface area contributed by atoms with Crippen molar-refractivity contribution < 1.29 is 9.90 Å². The van der Waals surface area contributed by atoms with E-state index in [-0.39, 0.29) is 0 Å². The highest BCUT2D eigenvalue weighted by Gasteiger charge is 2.08. The van der Waals surface area contributed by atoms with Crippen LogP contribution >= 0.6 is 39.0 Å². The monoisotopic (exact) mass is 329 g/mol. The van der Waals surface area contributed by atoms with Crippen LogP contribution in [0.25, 0.3) is 0 Å². The van der Waals surface area contributed by atoms with Crippen LogP contribution in [0.1, 0.15) is 15.4 Å². The molecule has 2 aromatic rings. The molecule has 2 heterocycles. The van der Waals surface area contributed by atoms with Gasteiger partial charge in [-0.2, -0.15) is 0 Å². The first-order valence-electron chi connectivity index (χ1n) is 4.69.